The lowest BCUT2D eigenvalue weighted by atomic mass is 9.86. The molecule has 2 rings (SSSR count). The van der Waals surface area contributed by atoms with Gasteiger partial charge in [-0.1, -0.05) is 32.4 Å². The van der Waals surface area contributed by atoms with Crippen LogP contribution in [0.4, 0.5) is 5.69 Å². The molecule has 4 heteroatoms. The van der Waals surface area contributed by atoms with Gasteiger partial charge in [-0.3, -0.25) is 0 Å². The summed E-state index contributed by atoms with van der Waals surface area (Å²) in [5, 5.41) is 4.52. The zero-order valence-electron chi connectivity index (χ0n) is 12.8. The average Bonchev–Trinajstić information content (AvgIpc) is 2.59. The number of halogens is 2. The third-order valence-corrected chi connectivity index (χ3v) is 5.06. The van der Waals surface area contributed by atoms with Gasteiger partial charge in [0.1, 0.15) is 0 Å². The van der Waals surface area contributed by atoms with Crippen molar-refractivity contribution >= 4 is 33.2 Å². The standard InChI is InChI=1S/C16H24BrClN2/c1-11-8-12(17)14(9-13(11)18)20-7-5-6-19-15(10-20)16(2,3)4/h8-9,15,19H,5-7,10H2,1-4H3. The number of benzene rings is 1. The van der Waals surface area contributed by atoms with Gasteiger partial charge in [-0.05, 0) is 58.9 Å². The van der Waals surface area contributed by atoms with E-state index in [-0.39, 0.29) is 5.41 Å². The highest BCUT2D eigenvalue weighted by atomic mass is 79.9. The van der Waals surface area contributed by atoms with Crippen LogP contribution in [0.25, 0.3) is 0 Å². The lowest BCUT2D eigenvalue weighted by molar-refractivity contribution is 0.280. The molecule has 112 valence electrons. The molecule has 1 fully saturated rings. The van der Waals surface area contributed by atoms with Gasteiger partial charge in [0.2, 0.25) is 0 Å². The number of anilines is 1. The molecule has 0 bridgehead atoms. The van der Waals surface area contributed by atoms with Gasteiger partial charge in [0.15, 0.2) is 0 Å². The second-order valence-corrected chi connectivity index (χ2v) is 7.99. The summed E-state index contributed by atoms with van der Waals surface area (Å²) in [5.41, 5.74) is 2.57. The summed E-state index contributed by atoms with van der Waals surface area (Å²) < 4.78 is 1.13. The first-order chi connectivity index (χ1) is 9.29. The fraction of sp³-hybridized carbons (Fsp3) is 0.625. The van der Waals surface area contributed by atoms with Gasteiger partial charge < -0.3 is 10.2 Å². The Labute approximate surface area is 136 Å². The summed E-state index contributed by atoms with van der Waals surface area (Å²) in [4.78, 5) is 2.45. The van der Waals surface area contributed by atoms with Crippen LogP contribution >= 0.6 is 27.5 Å². The van der Waals surface area contributed by atoms with E-state index in [1.54, 1.807) is 0 Å². The molecule has 1 aliphatic heterocycles. The molecule has 0 aromatic heterocycles. The Hall–Kier alpha value is -0.250. The minimum atomic E-state index is 0.254. The molecule has 0 saturated carbocycles. The zero-order chi connectivity index (χ0) is 14.9. The lowest BCUT2D eigenvalue weighted by Crippen LogP contribution is -2.46. The maximum absolute atomic E-state index is 6.31. The van der Waals surface area contributed by atoms with Crippen molar-refractivity contribution in [3.63, 3.8) is 0 Å². The monoisotopic (exact) mass is 358 g/mol. The van der Waals surface area contributed by atoms with Crippen LogP contribution in [0.5, 0.6) is 0 Å². The Morgan fingerprint density at radius 2 is 2.05 bits per heavy atom. The molecular formula is C16H24BrClN2. The Balaban J connectivity index is 2.29. The van der Waals surface area contributed by atoms with E-state index in [0.29, 0.717) is 6.04 Å². The van der Waals surface area contributed by atoms with Crippen LogP contribution in [0, 0.1) is 12.3 Å². The molecule has 0 aliphatic carbocycles. The molecular weight excluding hydrogens is 336 g/mol. The zero-order valence-corrected chi connectivity index (χ0v) is 15.1. The second kappa shape index (κ2) is 6.25. The van der Waals surface area contributed by atoms with Crippen molar-refractivity contribution in [3.8, 4) is 0 Å². The topological polar surface area (TPSA) is 15.3 Å². The SMILES string of the molecule is Cc1cc(Br)c(N2CCCNC(C(C)(C)C)C2)cc1Cl. The summed E-state index contributed by atoms with van der Waals surface area (Å²) in [6.45, 7) is 12.1. The van der Waals surface area contributed by atoms with E-state index in [0.717, 1.165) is 41.1 Å². The molecule has 2 nitrogen and oxygen atoms in total. The number of nitrogens with one attached hydrogen (secondary N) is 1. The van der Waals surface area contributed by atoms with Gasteiger partial charge in [0, 0.05) is 28.6 Å². The van der Waals surface area contributed by atoms with Gasteiger partial charge >= 0.3 is 0 Å². The first-order valence-corrected chi connectivity index (χ1v) is 8.40. The third-order valence-electron chi connectivity index (χ3n) is 4.01. The van der Waals surface area contributed by atoms with Crippen molar-refractivity contribution in [1.29, 1.82) is 0 Å². The van der Waals surface area contributed by atoms with E-state index in [2.05, 4.69) is 59.1 Å². The van der Waals surface area contributed by atoms with E-state index < -0.39 is 0 Å². The predicted molar refractivity (Wildman–Crippen MR) is 92.0 cm³/mol. The average molecular weight is 360 g/mol. The number of hydrogen-bond acceptors (Lipinski definition) is 2. The maximum atomic E-state index is 6.31. The van der Waals surface area contributed by atoms with Gasteiger partial charge in [0.05, 0.1) is 5.69 Å². The molecule has 1 atom stereocenters. The van der Waals surface area contributed by atoms with Crippen LogP contribution < -0.4 is 10.2 Å². The number of hydrogen-bond donors (Lipinski definition) is 1. The Kier molecular flexibility index (Phi) is 5.04. The fourth-order valence-corrected chi connectivity index (χ4v) is 3.47. The van der Waals surface area contributed by atoms with Gasteiger partial charge in [-0.25, -0.2) is 0 Å². The predicted octanol–water partition coefficient (Wildman–Crippen LogP) is 4.63. The molecule has 0 radical (unpaired) electrons. The molecule has 20 heavy (non-hydrogen) atoms. The van der Waals surface area contributed by atoms with E-state index in [4.69, 9.17) is 11.6 Å². The van der Waals surface area contributed by atoms with Crippen molar-refractivity contribution in [2.24, 2.45) is 5.41 Å². The molecule has 1 saturated heterocycles. The number of nitrogens with zero attached hydrogens (tertiary/aromatic N) is 1. The quantitative estimate of drug-likeness (QED) is 0.786. The fourth-order valence-electron chi connectivity index (χ4n) is 2.60. The van der Waals surface area contributed by atoms with E-state index in [1.807, 2.05) is 6.92 Å². The van der Waals surface area contributed by atoms with Gasteiger partial charge in [-0.2, -0.15) is 0 Å². The first-order valence-electron chi connectivity index (χ1n) is 7.23. The van der Waals surface area contributed by atoms with Crippen LogP contribution in [-0.2, 0) is 0 Å². The molecule has 1 N–H and O–H groups in total. The van der Waals surface area contributed by atoms with E-state index >= 15 is 0 Å². The van der Waals surface area contributed by atoms with E-state index in [1.165, 1.54) is 5.69 Å². The summed E-state index contributed by atoms with van der Waals surface area (Å²) in [5.74, 6) is 0. The summed E-state index contributed by atoms with van der Waals surface area (Å²) in [6, 6.07) is 4.69. The minimum Gasteiger partial charge on any atom is -0.369 e. The molecule has 0 spiro atoms. The third kappa shape index (κ3) is 3.69. The van der Waals surface area contributed by atoms with Crippen molar-refractivity contribution in [3.05, 3.63) is 27.2 Å². The lowest BCUT2D eigenvalue weighted by Gasteiger charge is -2.35. The van der Waals surface area contributed by atoms with Crippen LogP contribution in [-0.4, -0.2) is 25.7 Å². The van der Waals surface area contributed by atoms with Crippen molar-refractivity contribution < 1.29 is 0 Å². The summed E-state index contributed by atoms with van der Waals surface area (Å²) in [7, 11) is 0. The highest BCUT2D eigenvalue weighted by Gasteiger charge is 2.28. The van der Waals surface area contributed by atoms with Gasteiger partial charge in [-0.15, -0.1) is 0 Å². The highest BCUT2D eigenvalue weighted by molar-refractivity contribution is 9.10. The minimum absolute atomic E-state index is 0.254. The summed E-state index contributed by atoms with van der Waals surface area (Å²) in [6.07, 6.45) is 1.16. The summed E-state index contributed by atoms with van der Waals surface area (Å²) >= 11 is 10.0. The number of aryl methyl sites for hydroxylation is 1. The number of rotatable bonds is 1. The Morgan fingerprint density at radius 3 is 2.70 bits per heavy atom. The molecule has 1 unspecified atom stereocenters. The van der Waals surface area contributed by atoms with Crippen LogP contribution in [0.15, 0.2) is 16.6 Å². The first kappa shape index (κ1) is 16.1. The van der Waals surface area contributed by atoms with E-state index in [9.17, 15) is 0 Å². The smallest absolute Gasteiger partial charge is 0.0526 e. The van der Waals surface area contributed by atoms with Gasteiger partial charge in [0.25, 0.3) is 0 Å². The normalized spacial score (nSPS) is 20.9. The Morgan fingerprint density at radius 1 is 1.35 bits per heavy atom. The Bertz CT molecular complexity index is 482. The molecule has 1 heterocycles. The van der Waals surface area contributed by atoms with Crippen LogP contribution in [0.2, 0.25) is 5.02 Å². The second-order valence-electron chi connectivity index (χ2n) is 6.73. The van der Waals surface area contributed by atoms with Crippen LogP contribution in [0.3, 0.4) is 0 Å². The molecule has 1 aromatic carbocycles. The highest BCUT2D eigenvalue weighted by Crippen LogP contribution is 2.34. The molecule has 1 aromatic rings. The maximum Gasteiger partial charge on any atom is 0.0526 e. The van der Waals surface area contributed by atoms with Crippen molar-refractivity contribution in [1.82, 2.24) is 5.32 Å². The van der Waals surface area contributed by atoms with Crippen molar-refractivity contribution in [2.75, 3.05) is 24.5 Å². The largest absolute Gasteiger partial charge is 0.369 e. The molecule has 1 aliphatic rings. The molecule has 0 amide bonds. The van der Waals surface area contributed by atoms with Crippen LogP contribution in [0.1, 0.15) is 32.8 Å². The van der Waals surface area contributed by atoms with Crippen molar-refractivity contribution in [2.45, 2.75) is 40.2 Å².